The van der Waals surface area contributed by atoms with E-state index in [1.807, 2.05) is 0 Å². The van der Waals surface area contributed by atoms with Crippen LogP contribution in [0.1, 0.15) is 45.9 Å². The molecule has 1 fully saturated rings. The van der Waals surface area contributed by atoms with Crippen LogP contribution in [0.5, 0.6) is 0 Å². The Hall–Kier alpha value is -0.380. The molecular weight excluding hydrogens is 278 g/mol. The molecule has 1 heterocycles. The molecule has 0 aromatic carbocycles. The highest BCUT2D eigenvalue weighted by Crippen LogP contribution is 2.43. The van der Waals surface area contributed by atoms with Crippen molar-refractivity contribution < 1.29 is 0 Å². The first-order chi connectivity index (χ1) is 7.98. The van der Waals surface area contributed by atoms with Crippen LogP contribution in [0, 0.1) is 11.3 Å². The van der Waals surface area contributed by atoms with Crippen molar-refractivity contribution in [3.8, 4) is 0 Å². The summed E-state index contributed by atoms with van der Waals surface area (Å²) in [5, 5.41) is 4.34. The van der Waals surface area contributed by atoms with Gasteiger partial charge in [0.1, 0.15) is 12.2 Å². The fourth-order valence-electron chi connectivity index (χ4n) is 2.71. The number of hydrogen-bond donors (Lipinski definition) is 0. The molecule has 0 aliphatic heterocycles. The van der Waals surface area contributed by atoms with Crippen LogP contribution in [0.15, 0.2) is 6.33 Å². The fourth-order valence-corrected chi connectivity index (χ4v) is 3.72. The van der Waals surface area contributed by atoms with Crippen LogP contribution < -0.4 is 0 Å². The number of rotatable bonds is 4. The van der Waals surface area contributed by atoms with E-state index in [9.17, 15) is 0 Å². The average molecular weight is 300 g/mol. The highest BCUT2D eigenvalue weighted by atomic mass is 79.9. The molecule has 17 heavy (non-hydrogen) atoms. The van der Waals surface area contributed by atoms with Gasteiger partial charge in [-0.15, -0.1) is 0 Å². The molecule has 2 rings (SSSR count). The quantitative estimate of drug-likeness (QED) is 0.798. The smallest absolute Gasteiger partial charge is 0.138 e. The van der Waals surface area contributed by atoms with E-state index < -0.39 is 0 Å². The third kappa shape index (κ3) is 3.30. The summed E-state index contributed by atoms with van der Waals surface area (Å²) in [4.78, 5) is 5.13. The van der Waals surface area contributed by atoms with E-state index in [0.717, 1.165) is 18.8 Å². The minimum atomic E-state index is 0.399. The molecule has 0 saturated heterocycles. The Morgan fingerprint density at radius 3 is 2.94 bits per heavy atom. The normalized spacial score (nSPS) is 29.1. The second-order valence-electron chi connectivity index (χ2n) is 6.08. The Balaban J connectivity index is 2.06. The lowest BCUT2D eigenvalue weighted by atomic mass is 9.85. The maximum Gasteiger partial charge on any atom is 0.138 e. The van der Waals surface area contributed by atoms with Crippen molar-refractivity contribution in [3.63, 3.8) is 0 Å². The lowest BCUT2D eigenvalue weighted by molar-refractivity contribution is 0.316. The standard InChI is InChI=1S/C13H22BrN3/c1-10(2)8-17-12(15-9-16-17)7-13(3)5-4-11(14)6-13/h9-11H,4-8H2,1-3H3. The highest BCUT2D eigenvalue weighted by molar-refractivity contribution is 9.09. The third-order valence-electron chi connectivity index (χ3n) is 3.59. The molecule has 1 aromatic rings. The minimum absolute atomic E-state index is 0.399. The number of nitrogens with zero attached hydrogens (tertiary/aromatic N) is 3. The molecular formula is C13H22BrN3. The Morgan fingerprint density at radius 1 is 1.59 bits per heavy atom. The van der Waals surface area contributed by atoms with Crippen LogP contribution in [-0.4, -0.2) is 19.6 Å². The topological polar surface area (TPSA) is 30.7 Å². The fraction of sp³-hybridized carbons (Fsp3) is 0.846. The van der Waals surface area contributed by atoms with Gasteiger partial charge in [0.2, 0.25) is 0 Å². The monoisotopic (exact) mass is 299 g/mol. The Kier molecular flexibility index (Phi) is 3.91. The molecule has 0 radical (unpaired) electrons. The van der Waals surface area contributed by atoms with Crippen molar-refractivity contribution in [1.82, 2.24) is 14.8 Å². The van der Waals surface area contributed by atoms with Crippen LogP contribution in [0.2, 0.25) is 0 Å². The first-order valence-corrected chi connectivity index (χ1v) is 7.41. The first kappa shape index (κ1) is 13.1. The molecule has 2 unspecified atom stereocenters. The minimum Gasteiger partial charge on any atom is -0.250 e. The predicted octanol–water partition coefficient (Wildman–Crippen LogP) is 3.43. The van der Waals surface area contributed by atoms with Gasteiger partial charge in [-0.3, -0.25) is 0 Å². The molecule has 1 aromatic heterocycles. The van der Waals surface area contributed by atoms with Crippen LogP contribution in [0.4, 0.5) is 0 Å². The largest absolute Gasteiger partial charge is 0.250 e. The Bertz CT molecular complexity index is 374. The van der Waals surface area contributed by atoms with Gasteiger partial charge < -0.3 is 0 Å². The summed E-state index contributed by atoms with van der Waals surface area (Å²) in [7, 11) is 0. The molecule has 0 N–H and O–H groups in total. The van der Waals surface area contributed by atoms with Crippen molar-refractivity contribution in [2.24, 2.45) is 11.3 Å². The van der Waals surface area contributed by atoms with E-state index in [0.29, 0.717) is 16.2 Å². The molecule has 0 amide bonds. The van der Waals surface area contributed by atoms with Gasteiger partial charge in [0.25, 0.3) is 0 Å². The van der Waals surface area contributed by atoms with E-state index in [1.165, 1.54) is 19.3 Å². The number of alkyl halides is 1. The van der Waals surface area contributed by atoms with Crippen LogP contribution in [0.3, 0.4) is 0 Å². The maximum absolute atomic E-state index is 4.44. The predicted molar refractivity (Wildman–Crippen MR) is 73.2 cm³/mol. The van der Waals surface area contributed by atoms with Crippen molar-refractivity contribution in [2.45, 2.75) is 57.8 Å². The maximum atomic E-state index is 4.44. The summed E-state index contributed by atoms with van der Waals surface area (Å²) in [5.41, 5.74) is 0.399. The first-order valence-electron chi connectivity index (χ1n) is 6.49. The second kappa shape index (κ2) is 5.09. The van der Waals surface area contributed by atoms with Crippen LogP contribution in [-0.2, 0) is 13.0 Å². The zero-order valence-electron chi connectivity index (χ0n) is 11.0. The van der Waals surface area contributed by atoms with Gasteiger partial charge in [-0.2, -0.15) is 5.10 Å². The number of hydrogen-bond acceptors (Lipinski definition) is 2. The van der Waals surface area contributed by atoms with E-state index in [2.05, 4.69) is 51.5 Å². The van der Waals surface area contributed by atoms with Gasteiger partial charge in [0, 0.05) is 17.8 Å². The van der Waals surface area contributed by atoms with Crippen LogP contribution >= 0.6 is 15.9 Å². The molecule has 2 atom stereocenters. The van der Waals surface area contributed by atoms with Crippen molar-refractivity contribution in [2.75, 3.05) is 0 Å². The van der Waals surface area contributed by atoms with E-state index in [-0.39, 0.29) is 0 Å². The summed E-state index contributed by atoms with van der Waals surface area (Å²) in [5.74, 6) is 1.78. The third-order valence-corrected chi connectivity index (χ3v) is 4.38. The van der Waals surface area contributed by atoms with Gasteiger partial charge in [0.05, 0.1) is 0 Å². The van der Waals surface area contributed by atoms with E-state index in [4.69, 9.17) is 0 Å². The molecule has 4 heteroatoms. The van der Waals surface area contributed by atoms with Gasteiger partial charge in [-0.25, -0.2) is 9.67 Å². The highest BCUT2D eigenvalue weighted by Gasteiger charge is 2.35. The SMILES string of the molecule is CC(C)Cn1ncnc1CC1(C)CCC(Br)C1. The average Bonchev–Trinajstić information content (AvgIpc) is 2.75. The number of halogens is 1. The molecule has 1 aliphatic rings. The number of aromatic nitrogens is 3. The zero-order chi connectivity index (χ0) is 12.5. The molecule has 3 nitrogen and oxygen atoms in total. The van der Waals surface area contributed by atoms with Gasteiger partial charge in [-0.1, -0.05) is 36.7 Å². The zero-order valence-corrected chi connectivity index (χ0v) is 12.6. The summed E-state index contributed by atoms with van der Waals surface area (Å²) in [6.07, 6.45) is 6.58. The summed E-state index contributed by atoms with van der Waals surface area (Å²) in [6.45, 7) is 7.79. The van der Waals surface area contributed by atoms with E-state index >= 15 is 0 Å². The van der Waals surface area contributed by atoms with Gasteiger partial charge in [-0.05, 0) is 30.6 Å². The molecule has 1 aliphatic carbocycles. The molecule has 1 saturated carbocycles. The summed E-state index contributed by atoms with van der Waals surface area (Å²) >= 11 is 3.73. The second-order valence-corrected chi connectivity index (χ2v) is 7.37. The van der Waals surface area contributed by atoms with Crippen LogP contribution in [0.25, 0.3) is 0 Å². The van der Waals surface area contributed by atoms with Crippen molar-refractivity contribution >= 4 is 15.9 Å². The Morgan fingerprint density at radius 2 is 2.35 bits per heavy atom. The van der Waals surface area contributed by atoms with Crippen molar-refractivity contribution in [3.05, 3.63) is 12.2 Å². The lowest BCUT2D eigenvalue weighted by Gasteiger charge is -2.23. The molecule has 0 bridgehead atoms. The van der Waals surface area contributed by atoms with Gasteiger partial charge >= 0.3 is 0 Å². The summed E-state index contributed by atoms with van der Waals surface area (Å²) < 4.78 is 2.08. The summed E-state index contributed by atoms with van der Waals surface area (Å²) in [6, 6.07) is 0. The molecule has 0 spiro atoms. The molecule has 96 valence electrons. The van der Waals surface area contributed by atoms with Crippen molar-refractivity contribution in [1.29, 1.82) is 0 Å². The van der Waals surface area contributed by atoms with E-state index in [1.54, 1.807) is 6.33 Å². The van der Waals surface area contributed by atoms with Gasteiger partial charge in [0.15, 0.2) is 0 Å². The Labute approximate surface area is 112 Å². The lowest BCUT2D eigenvalue weighted by Crippen LogP contribution is -2.20.